The SMILES string of the molecule is Cc1ccnc(C2CC2C(=O)Nc2cc(N3C[C@@H](O)C[C@@H]3c3cn4cc(C5CC5)ccc4n3)ncn2)c1. The zero-order chi connectivity index (χ0) is 25.1. The molecule has 188 valence electrons. The Morgan fingerprint density at radius 1 is 1.05 bits per heavy atom. The Bertz CT molecular complexity index is 1500. The fraction of sp³-hybridized carbons (Fsp3) is 0.393. The van der Waals surface area contributed by atoms with Crippen molar-refractivity contribution in [3.63, 3.8) is 0 Å². The molecule has 0 radical (unpaired) electrons. The van der Waals surface area contributed by atoms with Crippen LogP contribution in [0.1, 0.15) is 66.1 Å². The van der Waals surface area contributed by atoms with E-state index in [1.165, 1.54) is 24.7 Å². The summed E-state index contributed by atoms with van der Waals surface area (Å²) in [5, 5.41) is 13.5. The summed E-state index contributed by atoms with van der Waals surface area (Å²) in [5.41, 5.74) is 5.27. The van der Waals surface area contributed by atoms with Crippen molar-refractivity contribution < 1.29 is 9.90 Å². The summed E-state index contributed by atoms with van der Waals surface area (Å²) in [5.74, 6) is 1.79. The van der Waals surface area contributed by atoms with Crippen molar-refractivity contribution in [1.29, 1.82) is 0 Å². The van der Waals surface area contributed by atoms with Crippen molar-refractivity contribution in [2.75, 3.05) is 16.8 Å². The lowest BCUT2D eigenvalue weighted by Crippen LogP contribution is -2.26. The number of nitrogens with zero attached hydrogens (tertiary/aromatic N) is 6. The van der Waals surface area contributed by atoms with Crippen LogP contribution in [0.2, 0.25) is 0 Å². The third-order valence-electron chi connectivity index (χ3n) is 7.80. The van der Waals surface area contributed by atoms with E-state index < -0.39 is 6.10 Å². The smallest absolute Gasteiger partial charge is 0.229 e. The molecule has 3 fully saturated rings. The summed E-state index contributed by atoms with van der Waals surface area (Å²) in [6.07, 6.45) is 10.9. The molecular weight excluding hydrogens is 466 g/mol. The van der Waals surface area contributed by atoms with E-state index in [1.54, 1.807) is 12.3 Å². The summed E-state index contributed by atoms with van der Waals surface area (Å²) in [6, 6.07) is 9.92. The lowest BCUT2D eigenvalue weighted by atomic mass is 10.1. The van der Waals surface area contributed by atoms with Crippen LogP contribution in [0.25, 0.3) is 5.65 Å². The molecule has 0 bridgehead atoms. The van der Waals surface area contributed by atoms with E-state index in [0.29, 0.717) is 30.5 Å². The highest BCUT2D eigenvalue weighted by Gasteiger charge is 2.45. The number of aliphatic hydroxyl groups is 1. The number of carbonyl (C=O) groups excluding carboxylic acids is 1. The topological polar surface area (TPSA) is 109 Å². The van der Waals surface area contributed by atoms with E-state index in [-0.39, 0.29) is 23.8 Å². The summed E-state index contributed by atoms with van der Waals surface area (Å²) >= 11 is 0. The van der Waals surface area contributed by atoms with Gasteiger partial charge in [0, 0.05) is 55.2 Å². The van der Waals surface area contributed by atoms with Crippen LogP contribution >= 0.6 is 0 Å². The van der Waals surface area contributed by atoms with Crippen molar-refractivity contribution >= 4 is 23.2 Å². The minimum absolute atomic E-state index is 0.0530. The number of β-amino-alcohol motifs (C(OH)–C–C–N with tert-alkyl or cyclic N) is 1. The monoisotopic (exact) mass is 495 g/mol. The number of amides is 1. The molecule has 0 spiro atoms. The number of hydrogen-bond donors (Lipinski definition) is 2. The number of hydrogen-bond acceptors (Lipinski definition) is 7. The van der Waals surface area contributed by atoms with E-state index in [1.807, 2.05) is 19.1 Å². The number of pyridine rings is 2. The number of nitrogens with one attached hydrogen (secondary N) is 1. The van der Waals surface area contributed by atoms with Gasteiger partial charge in [-0.25, -0.2) is 15.0 Å². The van der Waals surface area contributed by atoms with Crippen LogP contribution in [-0.4, -0.2) is 48.0 Å². The standard InChI is InChI=1S/C28H29N7O2/c1-16-6-7-29-22(8-16)20-10-21(20)28(37)33-25-11-27(31-15-30-25)35-13-19(36)9-24(35)23-14-34-12-18(17-2-3-17)4-5-26(34)32-23/h4-8,11-12,14-15,17,19-21,24,36H,2-3,9-10,13H2,1H3,(H,30,31,33,37)/t19-,20?,21?,24+/m0/s1. The zero-order valence-electron chi connectivity index (χ0n) is 20.7. The molecule has 1 saturated heterocycles. The van der Waals surface area contributed by atoms with Gasteiger partial charge in [0.15, 0.2) is 0 Å². The molecule has 9 heteroatoms. The molecule has 7 rings (SSSR count). The molecule has 1 amide bonds. The van der Waals surface area contributed by atoms with Crippen LogP contribution in [0.3, 0.4) is 0 Å². The predicted octanol–water partition coefficient (Wildman–Crippen LogP) is 3.76. The van der Waals surface area contributed by atoms with Crippen molar-refractivity contribution in [2.45, 2.75) is 56.6 Å². The number of aryl methyl sites for hydroxylation is 1. The third-order valence-corrected chi connectivity index (χ3v) is 7.80. The molecule has 1 aliphatic heterocycles. The fourth-order valence-corrected chi connectivity index (χ4v) is 5.56. The number of anilines is 2. The molecule has 4 atom stereocenters. The molecule has 0 aromatic carbocycles. The molecule has 5 heterocycles. The van der Waals surface area contributed by atoms with E-state index in [0.717, 1.165) is 29.0 Å². The lowest BCUT2D eigenvalue weighted by molar-refractivity contribution is -0.117. The maximum Gasteiger partial charge on any atom is 0.229 e. The number of imidazole rings is 1. The van der Waals surface area contributed by atoms with Gasteiger partial charge in [-0.2, -0.15) is 0 Å². The van der Waals surface area contributed by atoms with Gasteiger partial charge in [-0.05, 0) is 61.4 Å². The first kappa shape index (κ1) is 22.4. The van der Waals surface area contributed by atoms with Gasteiger partial charge in [0.1, 0.15) is 23.6 Å². The fourth-order valence-electron chi connectivity index (χ4n) is 5.56. The second kappa shape index (κ2) is 8.62. The lowest BCUT2D eigenvalue weighted by Gasteiger charge is -2.24. The van der Waals surface area contributed by atoms with E-state index >= 15 is 0 Å². The van der Waals surface area contributed by atoms with Crippen LogP contribution in [0, 0.1) is 12.8 Å². The van der Waals surface area contributed by atoms with Crippen LogP contribution in [0.4, 0.5) is 11.6 Å². The van der Waals surface area contributed by atoms with Gasteiger partial charge in [-0.15, -0.1) is 0 Å². The maximum atomic E-state index is 12.9. The predicted molar refractivity (Wildman–Crippen MR) is 138 cm³/mol. The minimum Gasteiger partial charge on any atom is -0.391 e. The maximum absolute atomic E-state index is 12.9. The molecule has 4 aromatic heterocycles. The van der Waals surface area contributed by atoms with E-state index in [2.05, 4.69) is 54.1 Å². The van der Waals surface area contributed by atoms with Crippen LogP contribution in [0.15, 0.2) is 55.2 Å². The average Bonchev–Trinajstić information content (AvgIpc) is 3.81. The van der Waals surface area contributed by atoms with Crippen molar-refractivity contribution in [3.8, 4) is 0 Å². The highest BCUT2D eigenvalue weighted by molar-refractivity contribution is 5.94. The normalized spacial score (nSPS) is 25.0. The molecule has 2 unspecified atom stereocenters. The summed E-state index contributed by atoms with van der Waals surface area (Å²) < 4.78 is 2.09. The molecular formula is C28H29N7O2. The van der Waals surface area contributed by atoms with Crippen molar-refractivity contribution in [1.82, 2.24) is 24.3 Å². The minimum atomic E-state index is -0.487. The van der Waals surface area contributed by atoms with Crippen LogP contribution < -0.4 is 10.2 Å². The van der Waals surface area contributed by atoms with Crippen LogP contribution in [0.5, 0.6) is 0 Å². The molecule has 2 saturated carbocycles. The Morgan fingerprint density at radius 2 is 1.95 bits per heavy atom. The first-order chi connectivity index (χ1) is 18.0. The summed E-state index contributed by atoms with van der Waals surface area (Å²) in [4.78, 5) is 33.1. The Balaban J connectivity index is 1.09. The van der Waals surface area contributed by atoms with Crippen molar-refractivity contribution in [3.05, 3.63) is 77.8 Å². The van der Waals surface area contributed by atoms with Gasteiger partial charge in [0.05, 0.1) is 17.8 Å². The Labute approximate surface area is 214 Å². The number of rotatable bonds is 6. The van der Waals surface area contributed by atoms with Gasteiger partial charge >= 0.3 is 0 Å². The third kappa shape index (κ3) is 4.33. The second-order valence-corrected chi connectivity index (χ2v) is 10.7. The number of aliphatic hydroxyl groups excluding tert-OH is 1. The van der Waals surface area contributed by atoms with Gasteiger partial charge < -0.3 is 19.7 Å². The highest BCUT2D eigenvalue weighted by atomic mass is 16.3. The van der Waals surface area contributed by atoms with Gasteiger partial charge in [0.25, 0.3) is 0 Å². The highest BCUT2D eigenvalue weighted by Crippen LogP contribution is 2.47. The molecule has 3 aliphatic rings. The number of aromatic nitrogens is 5. The summed E-state index contributed by atoms with van der Waals surface area (Å²) in [7, 11) is 0. The van der Waals surface area contributed by atoms with E-state index in [4.69, 9.17) is 4.98 Å². The molecule has 4 aromatic rings. The van der Waals surface area contributed by atoms with Crippen LogP contribution in [-0.2, 0) is 4.79 Å². The quantitative estimate of drug-likeness (QED) is 0.419. The first-order valence-corrected chi connectivity index (χ1v) is 13.0. The van der Waals surface area contributed by atoms with Gasteiger partial charge in [0.2, 0.25) is 5.91 Å². The Kier molecular flexibility index (Phi) is 5.21. The van der Waals surface area contributed by atoms with Gasteiger partial charge in [-0.3, -0.25) is 9.78 Å². The zero-order valence-corrected chi connectivity index (χ0v) is 20.7. The largest absolute Gasteiger partial charge is 0.391 e. The second-order valence-electron chi connectivity index (χ2n) is 10.7. The molecule has 2 N–H and O–H groups in total. The first-order valence-electron chi connectivity index (χ1n) is 13.0. The van der Waals surface area contributed by atoms with Crippen molar-refractivity contribution in [2.24, 2.45) is 5.92 Å². The Hall–Kier alpha value is -3.85. The van der Waals surface area contributed by atoms with Gasteiger partial charge in [-0.1, -0.05) is 6.07 Å². The number of carbonyl (C=O) groups is 1. The number of fused-ring (bicyclic) bond motifs is 1. The molecule has 2 aliphatic carbocycles. The summed E-state index contributed by atoms with van der Waals surface area (Å²) in [6.45, 7) is 2.48. The van der Waals surface area contributed by atoms with E-state index in [9.17, 15) is 9.90 Å². The molecule has 37 heavy (non-hydrogen) atoms. The average molecular weight is 496 g/mol. The molecule has 9 nitrogen and oxygen atoms in total. The Morgan fingerprint density at radius 3 is 2.78 bits per heavy atom.